The van der Waals surface area contributed by atoms with E-state index in [2.05, 4.69) is 43.9 Å². The maximum Gasteiger partial charge on any atom is 0.387 e. The molecule has 37 heavy (non-hydrogen) atoms. The number of ether oxygens (including phenoxy) is 1. The summed E-state index contributed by atoms with van der Waals surface area (Å²) in [5.41, 5.74) is 3.54. The van der Waals surface area contributed by atoms with Gasteiger partial charge in [-0.2, -0.15) is 8.78 Å². The highest BCUT2D eigenvalue weighted by atomic mass is 32.2. The number of aryl methyl sites for hydroxylation is 1. The molecule has 0 spiro atoms. The molecule has 11 heteroatoms. The second-order valence-electron chi connectivity index (χ2n) is 8.32. The van der Waals surface area contributed by atoms with Gasteiger partial charge in [0.15, 0.2) is 5.82 Å². The third kappa shape index (κ3) is 4.82. The molecule has 0 saturated heterocycles. The summed E-state index contributed by atoms with van der Waals surface area (Å²) in [6, 6.07) is 20.0. The van der Waals surface area contributed by atoms with Crippen LogP contribution in [0.15, 0.2) is 71.9 Å². The van der Waals surface area contributed by atoms with Gasteiger partial charge in [-0.3, -0.25) is 4.79 Å². The van der Waals surface area contributed by atoms with Gasteiger partial charge in [-0.25, -0.2) is 4.68 Å². The number of carbonyl (C=O) groups excluding carboxylic acids is 1. The van der Waals surface area contributed by atoms with Crippen molar-refractivity contribution < 1.29 is 18.3 Å². The Balaban J connectivity index is 1.30. The first kappa shape index (κ1) is 24.6. The number of fused-ring (bicyclic) bond motifs is 3. The number of rotatable bonds is 8. The molecule has 0 fully saturated rings. The molecule has 0 saturated carbocycles. The molecule has 1 atom stereocenters. The molecule has 3 N–H and O–H groups in total. The van der Waals surface area contributed by atoms with Crippen molar-refractivity contribution in [3.63, 3.8) is 0 Å². The third-order valence-electron chi connectivity index (χ3n) is 6.01. The summed E-state index contributed by atoms with van der Waals surface area (Å²) >= 11 is 1.16. The Hall–Kier alpha value is -4.12. The lowest BCUT2D eigenvalue weighted by Crippen LogP contribution is -2.23. The van der Waals surface area contributed by atoms with Gasteiger partial charge in [-0.15, -0.1) is 10.2 Å². The van der Waals surface area contributed by atoms with Crippen molar-refractivity contribution in [1.29, 1.82) is 0 Å². The molecular weight excluding hydrogens is 498 g/mol. The summed E-state index contributed by atoms with van der Waals surface area (Å²) in [5, 5.41) is 13.2. The molecule has 5 aromatic rings. The Morgan fingerprint density at radius 1 is 1.05 bits per heavy atom. The number of halogens is 2. The number of amides is 1. The lowest BCUT2D eigenvalue weighted by molar-refractivity contribution is -0.115. The van der Waals surface area contributed by atoms with Crippen LogP contribution in [0.1, 0.15) is 13.8 Å². The number of nitrogens with zero attached hydrogens (tertiary/aromatic N) is 4. The quantitative estimate of drug-likeness (QED) is 0.206. The number of alkyl halides is 2. The van der Waals surface area contributed by atoms with E-state index in [-0.39, 0.29) is 11.7 Å². The van der Waals surface area contributed by atoms with E-state index in [9.17, 15) is 13.6 Å². The predicted octanol–water partition coefficient (Wildman–Crippen LogP) is 5.51. The average molecular weight is 523 g/mol. The highest BCUT2D eigenvalue weighted by molar-refractivity contribution is 8.00. The van der Waals surface area contributed by atoms with Gasteiger partial charge in [0.25, 0.3) is 0 Å². The smallest absolute Gasteiger partial charge is 0.387 e. The van der Waals surface area contributed by atoms with E-state index in [4.69, 9.17) is 5.84 Å². The number of hydrogen-bond donors (Lipinski definition) is 2. The Morgan fingerprint density at radius 3 is 2.51 bits per heavy atom. The molecule has 3 aromatic carbocycles. The molecule has 0 bridgehead atoms. The van der Waals surface area contributed by atoms with Crippen LogP contribution in [-0.4, -0.2) is 37.2 Å². The Morgan fingerprint density at radius 2 is 1.78 bits per heavy atom. The number of nitrogens with one attached hydrogen (secondary N) is 1. The minimum atomic E-state index is -2.90. The topological polar surface area (TPSA) is 100.0 Å². The number of para-hydroxylation sites is 1. The number of benzene rings is 3. The van der Waals surface area contributed by atoms with Crippen LogP contribution in [0, 0.1) is 0 Å². The molecule has 2 aromatic heterocycles. The van der Waals surface area contributed by atoms with Gasteiger partial charge < -0.3 is 20.5 Å². The highest BCUT2D eigenvalue weighted by Gasteiger charge is 2.21. The van der Waals surface area contributed by atoms with Crippen LogP contribution >= 0.6 is 11.8 Å². The maximum absolute atomic E-state index is 13.0. The van der Waals surface area contributed by atoms with E-state index in [0.717, 1.165) is 40.1 Å². The van der Waals surface area contributed by atoms with Crippen molar-refractivity contribution in [2.75, 3.05) is 11.2 Å². The Bertz CT molecular complexity index is 1580. The molecule has 0 aliphatic rings. The summed E-state index contributed by atoms with van der Waals surface area (Å²) < 4.78 is 32.6. The fourth-order valence-corrected chi connectivity index (χ4v) is 5.04. The number of anilines is 1. The van der Waals surface area contributed by atoms with Crippen molar-refractivity contribution in [2.24, 2.45) is 0 Å². The molecular formula is C26H24F2N6O2S. The number of nitrogen functional groups attached to an aromatic ring is 1. The van der Waals surface area contributed by atoms with Gasteiger partial charge in [0.1, 0.15) is 5.75 Å². The van der Waals surface area contributed by atoms with Gasteiger partial charge in [0.2, 0.25) is 11.1 Å². The fraction of sp³-hybridized carbons (Fsp3) is 0.192. The first-order valence-corrected chi connectivity index (χ1v) is 12.5. The normalized spacial score (nSPS) is 12.4. The predicted molar refractivity (Wildman–Crippen MR) is 141 cm³/mol. The van der Waals surface area contributed by atoms with Crippen LogP contribution < -0.4 is 15.9 Å². The monoisotopic (exact) mass is 522 g/mol. The Labute approximate surface area is 215 Å². The molecule has 1 unspecified atom stereocenters. The lowest BCUT2D eigenvalue weighted by atomic mass is 10.1. The van der Waals surface area contributed by atoms with Crippen LogP contribution in [0.3, 0.4) is 0 Å². The van der Waals surface area contributed by atoms with Crippen LogP contribution in [0.25, 0.3) is 33.2 Å². The van der Waals surface area contributed by atoms with Crippen molar-refractivity contribution in [1.82, 2.24) is 19.4 Å². The van der Waals surface area contributed by atoms with E-state index in [0.29, 0.717) is 22.2 Å². The Kier molecular flexibility index (Phi) is 6.70. The van der Waals surface area contributed by atoms with E-state index in [1.165, 1.54) is 16.8 Å². The standard InChI is InChI=1S/C26H24F2N6O2S/c1-3-33-21-7-5-4-6-19(21)20-14-17(10-13-22(20)33)30-24(35)15(2)37-26-32-31-23(34(26)29)16-8-11-18(12-9-16)36-25(27)28/h4-15,25H,3,29H2,1-2H3,(H,30,35). The van der Waals surface area contributed by atoms with Gasteiger partial charge in [0, 0.05) is 39.6 Å². The number of thioether (sulfide) groups is 1. The van der Waals surface area contributed by atoms with E-state index < -0.39 is 11.9 Å². The molecule has 0 radical (unpaired) electrons. The number of hydrogen-bond acceptors (Lipinski definition) is 6. The minimum absolute atomic E-state index is 0.0270. The summed E-state index contributed by atoms with van der Waals surface area (Å²) in [5.74, 6) is 6.32. The largest absolute Gasteiger partial charge is 0.435 e. The minimum Gasteiger partial charge on any atom is -0.435 e. The third-order valence-corrected chi connectivity index (χ3v) is 7.07. The molecule has 2 heterocycles. The van der Waals surface area contributed by atoms with Crippen LogP contribution in [-0.2, 0) is 11.3 Å². The molecule has 1 amide bonds. The van der Waals surface area contributed by atoms with Gasteiger partial charge in [0.05, 0.1) is 5.25 Å². The zero-order valence-corrected chi connectivity index (χ0v) is 20.9. The summed E-state index contributed by atoms with van der Waals surface area (Å²) in [6.07, 6.45) is 0. The number of carbonyl (C=O) groups is 1. The molecule has 5 rings (SSSR count). The zero-order valence-electron chi connectivity index (χ0n) is 20.1. The first-order valence-electron chi connectivity index (χ1n) is 11.6. The highest BCUT2D eigenvalue weighted by Crippen LogP contribution is 2.32. The molecule has 190 valence electrons. The van der Waals surface area contributed by atoms with Crippen LogP contribution in [0.5, 0.6) is 5.75 Å². The lowest BCUT2D eigenvalue weighted by Gasteiger charge is -2.12. The molecule has 0 aliphatic carbocycles. The first-order chi connectivity index (χ1) is 17.9. The van der Waals surface area contributed by atoms with Crippen molar-refractivity contribution in [3.8, 4) is 17.1 Å². The molecule has 8 nitrogen and oxygen atoms in total. The van der Waals surface area contributed by atoms with E-state index in [1.54, 1.807) is 19.1 Å². The van der Waals surface area contributed by atoms with Crippen LogP contribution in [0.4, 0.5) is 14.5 Å². The van der Waals surface area contributed by atoms with E-state index >= 15 is 0 Å². The second-order valence-corrected chi connectivity index (χ2v) is 9.63. The van der Waals surface area contributed by atoms with Gasteiger partial charge in [-0.1, -0.05) is 30.0 Å². The molecule has 0 aliphatic heterocycles. The van der Waals surface area contributed by atoms with Gasteiger partial charge >= 0.3 is 6.61 Å². The zero-order chi connectivity index (χ0) is 26.1. The van der Waals surface area contributed by atoms with Crippen molar-refractivity contribution >= 4 is 45.2 Å². The van der Waals surface area contributed by atoms with Crippen LogP contribution in [0.2, 0.25) is 0 Å². The van der Waals surface area contributed by atoms with E-state index in [1.807, 2.05) is 30.3 Å². The van der Waals surface area contributed by atoms with Gasteiger partial charge in [-0.05, 0) is 62.4 Å². The summed E-state index contributed by atoms with van der Waals surface area (Å²) in [4.78, 5) is 13.0. The fourth-order valence-electron chi connectivity index (χ4n) is 4.27. The second kappa shape index (κ2) is 10.1. The maximum atomic E-state index is 13.0. The van der Waals surface area contributed by atoms with Crippen molar-refractivity contribution in [2.45, 2.75) is 37.4 Å². The average Bonchev–Trinajstić information content (AvgIpc) is 3.41. The summed E-state index contributed by atoms with van der Waals surface area (Å²) in [6.45, 7) is 1.81. The SMILES string of the molecule is CCn1c2ccccc2c2cc(NC(=O)C(C)Sc3nnc(-c4ccc(OC(F)F)cc4)n3N)ccc21. The summed E-state index contributed by atoms with van der Waals surface area (Å²) in [7, 11) is 0. The van der Waals surface area contributed by atoms with Crippen molar-refractivity contribution in [3.05, 3.63) is 66.7 Å². The number of nitrogens with two attached hydrogens (primary N) is 1. The number of aromatic nitrogens is 4.